The van der Waals surface area contributed by atoms with Crippen LogP contribution in [0.4, 0.5) is 0 Å². The summed E-state index contributed by atoms with van der Waals surface area (Å²) >= 11 is 1.74. The van der Waals surface area contributed by atoms with Crippen LogP contribution in [0.5, 0.6) is 5.75 Å². The minimum atomic E-state index is 0.460. The molecule has 1 atom stereocenters. The van der Waals surface area contributed by atoms with E-state index in [0.717, 1.165) is 30.4 Å². The highest BCUT2D eigenvalue weighted by molar-refractivity contribution is 7.07. The lowest BCUT2D eigenvalue weighted by Gasteiger charge is -2.15. The molecule has 1 heterocycles. The summed E-state index contributed by atoms with van der Waals surface area (Å²) in [6.45, 7) is 6.63. The second kappa shape index (κ2) is 9.20. The zero-order valence-corrected chi connectivity index (χ0v) is 14.8. The number of hydrogen-bond donors (Lipinski definition) is 2. The Balaban J connectivity index is 1.93. The van der Waals surface area contributed by atoms with Gasteiger partial charge in [-0.3, -0.25) is 0 Å². The Bertz CT molecular complexity index is 610. The average molecular weight is 331 g/mol. The molecule has 0 spiro atoms. The van der Waals surface area contributed by atoms with Gasteiger partial charge in [-0.05, 0) is 52.9 Å². The maximum atomic E-state index is 5.25. The third kappa shape index (κ3) is 5.60. The third-order valence-corrected chi connectivity index (χ3v) is 4.29. The standard InChI is InChI=1S/C18H25N3OS/c1-4-19-18(20-11-14(2)16-8-9-23-13-16)21-12-15-6-5-7-17(10-15)22-3/h5-10,13-14H,4,11-12H2,1-3H3,(H2,19,20,21). The molecular formula is C18H25N3OS. The molecule has 0 amide bonds. The van der Waals surface area contributed by atoms with Crippen LogP contribution in [0, 0.1) is 0 Å². The summed E-state index contributed by atoms with van der Waals surface area (Å²) in [6.07, 6.45) is 0. The smallest absolute Gasteiger partial charge is 0.191 e. The summed E-state index contributed by atoms with van der Waals surface area (Å²) < 4.78 is 5.25. The van der Waals surface area contributed by atoms with Gasteiger partial charge in [0.15, 0.2) is 5.96 Å². The molecule has 2 rings (SSSR count). The molecule has 124 valence electrons. The quantitative estimate of drug-likeness (QED) is 0.602. The van der Waals surface area contributed by atoms with E-state index in [-0.39, 0.29) is 0 Å². The van der Waals surface area contributed by atoms with Gasteiger partial charge in [-0.15, -0.1) is 0 Å². The van der Waals surface area contributed by atoms with Crippen molar-refractivity contribution in [2.45, 2.75) is 26.3 Å². The monoisotopic (exact) mass is 331 g/mol. The van der Waals surface area contributed by atoms with E-state index < -0.39 is 0 Å². The van der Waals surface area contributed by atoms with E-state index in [9.17, 15) is 0 Å². The topological polar surface area (TPSA) is 45.7 Å². The van der Waals surface area contributed by atoms with E-state index in [1.165, 1.54) is 5.56 Å². The van der Waals surface area contributed by atoms with Crippen molar-refractivity contribution < 1.29 is 4.74 Å². The summed E-state index contributed by atoms with van der Waals surface area (Å²) in [5, 5.41) is 11.0. The van der Waals surface area contributed by atoms with E-state index in [1.54, 1.807) is 18.4 Å². The van der Waals surface area contributed by atoms with E-state index in [1.807, 2.05) is 18.2 Å². The molecule has 0 radical (unpaired) electrons. The molecule has 1 aromatic heterocycles. The number of nitrogens with zero attached hydrogens (tertiary/aromatic N) is 1. The fourth-order valence-corrected chi connectivity index (χ4v) is 2.99. The molecule has 2 aromatic rings. The Morgan fingerprint density at radius 2 is 2.17 bits per heavy atom. The Hall–Kier alpha value is -2.01. The van der Waals surface area contributed by atoms with Crippen molar-refractivity contribution in [3.05, 3.63) is 52.2 Å². The van der Waals surface area contributed by atoms with Crippen LogP contribution >= 0.6 is 11.3 Å². The predicted molar refractivity (Wildman–Crippen MR) is 98.5 cm³/mol. The van der Waals surface area contributed by atoms with Gasteiger partial charge in [0, 0.05) is 13.1 Å². The lowest BCUT2D eigenvalue weighted by molar-refractivity contribution is 0.414. The summed E-state index contributed by atoms with van der Waals surface area (Å²) in [5.74, 6) is 2.17. The fraction of sp³-hybridized carbons (Fsp3) is 0.389. The van der Waals surface area contributed by atoms with Gasteiger partial charge in [-0.25, -0.2) is 4.99 Å². The summed E-state index contributed by atoms with van der Waals surface area (Å²) in [4.78, 5) is 4.65. The van der Waals surface area contributed by atoms with Gasteiger partial charge in [0.1, 0.15) is 5.75 Å². The van der Waals surface area contributed by atoms with Gasteiger partial charge >= 0.3 is 0 Å². The van der Waals surface area contributed by atoms with Gasteiger partial charge < -0.3 is 15.4 Å². The van der Waals surface area contributed by atoms with Crippen molar-refractivity contribution in [3.63, 3.8) is 0 Å². The Morgan fingerprint density at radius 1 is 1.30 bits per heavy atom. The number of nitrogens with one attached hydrogen (secondary N) is 2. The van der Waals surface area contributed by atoms with Gasteiger partial charge in [0.2, 0.25) is 0 Å². The van der Waals surface area contributed by atoms with Crippen molar-refractivity contribution >= 4 is 17.3 Å². The van der Waals surface area contributed by atoms with Crippen molar-refractivity contribution in [2.24, 2.45) is 4.99 Å². The first-order valence-electron chi connectivity index (χ1n) is 7.90. The normalized spacial score (nSPS) is 12.7. The van der Waals surface area contributed by atoms with Crippen LogP contribution in [0.2, 0.25) is 0 Å². The number of guanidine groups is 1. The van der Waals surface area contributed by atoms with Crippen molar-refractivity contribution in [1.82, 2.24) is 10.6 Å². The predicted octanol–water partition coefficient (Wildman–Crippen LogP) is 3.62. The van der Waals surface area contributed by atoms with Crippen molar-refractivity contribution in [1.29, 1.82) is 0 Å². The molecule has 0 saturated carbocycles. The molecule has 0 aliphatic heterocycles. The second-order valence-corrected chi connectivity index (χ2v) is 6.17. The largest absolute Gasteiger partial charge is 0.497 e. The zero-order valence-electron chi connectivity index (χ0n) is 14.0. The van der Waals surface area contributed by atoms with Crippen LogP contribution in [0.1, 0.15) is 30.9 Å². The maximum absolute atomic E-state index is 5.25. The summed E-state index contributed by atoms with van der Waals surface area (Å²) in [6, 6.07) is 10.2. The Labute approximate surface area is 142 Å². The molecule has 1 unspecified atom stereocenters. The first-order valence-corrected chi connectivity index (χ1v) is 8.84. The van der Waals surface area contributed by atoms with E-state index in [2.05, 4.69) is 52.4 Å². The highest BCUT2D eigenvalue weighted by Gasteiger charge is 2.07. The molecule has 0 bridgehead atoms. The molecular weight excluding hydrogens is 306 g/mol. The number of ether oxygens (including phenoxy) is 1. The Morgan fingerprint density at radius 3 is 2.87 bits per heavy atom. The number of benzene rings is 1. The lowest BCUT2D eigenvalue weighted by atomic mass is 10.1. The first kappa shape index (κ1) is 17.3. The van der Waals surface area contributed by atoms with Gasteiger partial charge in [0.05, 0.1) is 13.7 Å². The molecule has 5 heteroatoms. The molecule has 4 nitrogen and oxygen atoms in total. The van der Waals surface area contributed by atoms with Gasteiger partial charge in [-0.2, -0.15) is 11.3 Å². The maximum Gasteiger partial charge on any atom is 0.191 e. The van der Waals surface area contributed by atoms with Gasteiger partial charge in [0.25, 0.3) is 0 Å². The van der Waals surface area contributed by atoms with Crippen LogP contribution in [0.25, 0.3) is 0 Å². The van der Waals surface area contributed by atoms with Crippen LogP contribution in [0.3, 0.4) is 0 Å². The van der Waals surface area contributed by atoms with Crippen LogP contribution in [0.15, 0.2) is 46.1 Å². The SMILES string of the molecule is CCNC(=NCc1cccc(OC)c1)NCC(C)c1ccsc1. The summed E-state index contributed by atoms with van der Waals surface area (Å²) in [7, 11) is 1.68. The highest BCUT2D eigenvalue weighted by atomic mass is 32.1. The van der Waals surface area contributed by atoms with Crippen LogP contribution < -0.4 is 15.4 Å². The summed E-state index contributed by atoms with van der Waals surface area (Å²) in [5.41, 5.74) is 2.50. The van der Waals surface area contributed by atoms with Crippen LogP contribution in [-0.4, -0.2) is 26.2 Å². The number of aliphatic imine (C=N–C) groups is 1. The molecule has 2 N–H and O–H groups in total. The van der Waals surface area contributed by atoms with E-state index in [4.69, 9.17) is 4.74 Å². The molecule has 1 aromatic carbocycles. The second-order valence-electron chi connectivity index (χ2n) is 5.39. The molecule has 0 fully saturated rings. The zero-order chi connectivity index (χ0) is 16.5. The molecule has 0 saturated heterocycles. The van der Waals surface area contributed by atoms with E-state index in [0.29, 0.717) is 12.5 Å². The lowest BCUT2D eigenvalue weighted by Crippen LogP contribution is -2.39. The molecule has 23 heavy (non-hydrogen) atoms. The van der Waals surface area contributed by atoms with Gasteiger partial charge in [-0.1, -0.05) is 19.1 Å². The number of thiophene rings is 1. The van der Waals surface area contributed by atoms with E-state index >= 15 is 0 Å². The number of hydrogen-bond acceptors (Lipinski definition) is 3. The number of methoxy groups -OCH3 is 1. The molecule has 0 aliphatic rings. The third-order valence-electron chi connectivity index (χ3n) is 3.59. The minimum absolute atomic E-state index is 0.460. The van der Waals surface area contributed by atoms with Crippen LogP contribution in [-0.2, 0) is 6.54 Å². The highest BCUT2D eigenvalue weighted by Crippen LogP contribution is 2.17. The molecule has 0 aliphatic carbocycles. The fourth-order valence-electron chi connectivity index (χ4n) is 2.21. The average Bonchev–Trinajstić information content (AvgIpc) is 3.12. The minimum Gasteiger partial charge on any atom is -0.497 e. The first-order chi connectivity index (χ1) is 11.2. The van der Waals surface area contributed by atoms with Crippen molar-refractivity contribution in [2.75, 3.05) is 20.2 Å². The van der Waals surface area contributed by atoms with Crippen molar-refractivity contribution in [3.8, 4) is 5.75 Å². The number of rotatable bonds is 7. The Kier molecular flexibility index (Phi) is 6.94.